The van der Waals surface area contributed by atoms with Crippen LogP contribution in [0.15, 0.2) is 12.1 Å². The van der Waals surface area contributed by atoms with Crippen LogP contribution in [0.4, 0.5) is 0 Å². The zero-order chi connectivity index (χ0) is 14.2. The highest BCUT2D eigenvalue weighted by Gasteiger charge is 2.27. The zero-order valence-electron chi connectivity index (χ0n) is 12.1. The highest BCUT2D eigenvalue weighted by Crippen LogP contribution is 2.44. The molecule has 0 saturated carbocycles. The fourth-order valence-corrected chi connectivity index (χ4v) is 3.47. The molecule has 0 radical (unpaired) electrons. The third-order valence-electron chi connectivity index (χ3n) is 4.15. The SMILES string of the molecule is CC(CC(Br)c1cc(Cl)cc2c1OCC2)C(C)(C)C. The van der Waals surface area contributed by atoms with Crippen molar-refractivity contribution in [2.24, 2.45) is 11.3 Å². The molecule has 1 aromatic rings. The van der Waals surface area contributed by atoms with Crippen LogP contribution in [-0.4, -0.2) is 6.61 Å². The summed E-state index contributed by atoms with van der Waals surface area (Å²) in [5.41, 5.74) is 2.76. The fraction of sp³-hybridized carbons (Fsp3) is 0.625. The number of hydrogen-bond donors (Lipinski definition) is 0. The van der Waals surface area contributed by atoms with Gasteiger partial charge in [0, 0.05) is 21.8 Å². The summed E-state index contributed by atoms with van der Waals surface area (Å²) in [6.07, 6.45) is 2.05. The summed E-state index contributed by atoms with van der Waals surface area (Å²) < 4.78 is 5.78. The number of ether oxygens (including phenoxy) is 1. The molecule has 0 aliphatic carbocycles. The van der Waals surface area contributed by atoms with Gasteiger partial charge in [-0.05, 0) is 35.4 Å². The van der Waals surface area contributed by atoms with Gasteiger partial charge in [-0.2, -0.15) is 0 Å². The second kappa shape index (κ2) is 5.65. The van der Waals surface area contributed by atoms with Crippen LogP contribution < -0.4 is 4.74 Å². The molecule has 1 aliphatic heterocycles. The molecule has 1 nitrogen and oxygen atoms in total. The second-order valence-corrected chi connectivity index (χ2v) is 8.09. The van der Waals surface area contributed by atoms with Crippen molar-refractivity contribution in [3.05, 3.63) is 28.3 Å². The van der Waals surface area contributed by atoms with E-state index in [1.165, 1.54) is 11.1 Å². The van der Waals surface area contributed by atoms with Crippen LogP contribution in [0.5, 0.6) is 5.75 Å². The normalized spacial score (nSPS) is 17.8. The van der Waals surface area contributed by atoms with E-state index in [1.54, 1.807) is 0 Å². The van der Waals surface area contributed by atoms with Gasteiger partial charge in [0.15, 0.2) is 0 Å². The zero-order valence-corrected chi connectivity index (χ0v) is 14.4. The van der Waals surface area contributed by atoms with Crippen LogP contribution >= 0.6 is 27.5 Å². The summed E-state index contributed by atoms with van der Waals surface area (Å²) in [6, 6.07) is 4.07. The van der Waals surface area contributed by atoms with E-state index in [-0.39, 0.29) is 0 Å². The van der Waals surface area contributed by atoms with Gasteiger partial charge in [-0.15, -0.1) is 0 Å². The van der Waals surface area contributed by atoms with Gasteiger partial charge in [0.1, 0.15) is 5.75 Å². The summed E-state index contributed by atoms with van der Waals surface area (Å²) in [5, 5.41) is 0.812. The maximum Gasteiger partial charge on any atom is 0.127 e. The summed E-state index contributed by atoms with van der Waals surface area (Å²) in [7, 11) is 0. The number of alkyl halides is 1. The molecule has 0 N–H and O–H groups in total. The number of fused-ring (bicyclic) bond motifs is 1. The Morgan fingerprint density at radius 2 is 2.05 bits per heavy atom. The molecule has 0 bridgehead atoms. The average molecular weight is 346 g/mol. The molecule has 0 fully saturated rings. The molecule has 2 atom stereocenters. The predicted molar refractivity (Wildman–Crippen MR) is 85.6 cm³/mol. The third-order valence-corrected chi connectivity index (χ3v) is 5.24. The van der Waals surface area contributed by atoms with Crippen molar-refractivity contribution in [1.82, 2.24) is 0 Å². The molecular formula is C16H22BrClO. The van der Waals surface area contributed by atoms with Crippen LogP contribution in [0.3, 0.4) is 0 Å². The Balaban J connectivity index is 2.22. The van der Waals surface area contributed by atoms with Gasteiger partial charge in [0.2, 0.25) is 0 Å². The first-order chi connectivity index (χ1) is 8.79. The molecular weight excluding hydrogens is 324 g/mol. The van der Waals surface area contributed by atoms with Gasteiger partial charge < -0.3 is 4.74 Å². The Morgan fingerprint density at radius 1 is 1.37 bits per heavy atom. The first-order valence-electron chi connectivity index (χ1n) is 6.88. The molecule has 3 heteroatoms. The highest BCUT2D eigenvalue weighted by atomic mass is 79.9. The molecule has 0 saturated heterocycles. The van der Waals surface area contributed by atoms with Gasteiger partial charge in [-0.25, -0.2) is 0 Å². The van der Waals surface area contributed by atoms with E-state index in [2.05, 4.69) is 43.6 Å². The Morgan fingerprint density at radius 3 is 2.68 bits per heavy atom. The van der Waals surface area contributed by atoms with E-state index in [4.69, 9.17) is 16.3 Å². The summed E-state index contributed by atoms with van der Waals surface area (Å²) in [5.74, 6) is 1.67. The minimum Gasteiger partial charge on any atom is -0.493 e. The van der Waals surface area contributed by atoms with E-state index in [0.717, 1.165) is 30.2 Å². The van der Waals surface area contributed by atoms with Gasteiger partial charge >= 0.3 is 0 Å². The Hall–Kier alpha value is -0.210. The van der Waals surface area contributed by atoms with Crippen molar-refractivity contribution in [3.8, 4) is 5.75 Å². The van der Waals surface area contributed by atoms with Crippen molar-refractivity contribution in [3.63, 3.8) is 0 Å². The highest BCUT2D eigenvalue weighted by molar-refractivity contribution is 9.09. The Kier molecular flexibility index (Phi) is 4.52. The lowest BCUT2D eigenvalue weighted by Gasteiger charge is -2.29. The smallest absolute Gasteiger partial charge is 0.127 e. The Labute approximate surface area is 129 Å². The van der Waals surface area contributed by atoms with E-state index in [9.17, 15) is 0 Å². The molecule has 0 aromatic heterocycles. The number of halogens is 2. The van der Waals surface area contributed by atoms with Crippen molar-refractivity contribution in [1.29, 1.82) is 0 Å². The van der Waals surface area contributed by atoms with Crippen LogP contribution in [0.2, 0.25) is 5.02 Å². The molecule has 0 spiro atoms. The largest absolute Gasteiger partial charge is 0.493 e. The Bertz CT molecular complexity index is 465. The van der Waals surface area contributed by atoms with Crippen molar-refractivity contribution in [2.45, 2.75) is 45.4 Å². The fourth-order valence-electron chi connectivity index (χ4n) is 2.32. The van der Waals surface area contributed by atoms with E-state index in [1.807, 2.05) is 12.1 Å². The van der Waals surface area contributed by atoms with Gasteiger partial charge in [-0.1, -0.05) is 55.2 Å². The minimum atomic E-state index is 0.298. The summed E-state index contributed by atoms with van der Waals surface area (Å²) >= 11 is 10.1. The standard InChI is InChI=1S/C16H22BrClO/c1-10(16(2,3)4)7-14(17)13-9-12(18)8-11-5-6-19-15(11)13/h8-10,14H,5-7H2,1-4H3. The second-order valence-electron chi connectivity index (χ2n) is 6.55. The van der Waals surface area contributed by atoms with Crippen LogP contribution in [0, 0.1) is 11.3 Å². The van der Waals surface area contributed by atoms with Gasteiger partial charge in [0.05, 0.1) is 6.61 Å². The first-order valence-corrected chi connectivity index (χ1v) is 8.17. The monoisotopic (exact) mass is 344 g/mol. The van der Waals surface area contributed by atoms with Crippen LogP contribution in [0.25, 0.3) is 0 Å². The van der Waals surface area contributed by atoms with Crippen molar-refractivity contribution >= 4 is 27.5 Å². The summed E-state index contributed by atoms with van der Waals surface area (Å²) in [6.45, 7) is 9.94. The molecule has 1 heterocycles. The van der Waals surface area contributed by atoms with E-state index < -0.39 is 0 Å². The lowest BCUT2D eigenvalue weighted by atomic mass is 9.79. The molecule has 19 heavy (non-hydrogen) atoms. The van der Waals surface area contributed by atoms with E-state index in [0.29, 0.717) is 16.2 Å². The van der Waals surface area contributed by atoms with Crippen LogP contribution in [-0.2, 0) is 6.42 Å². The maximum atomic E-state index is 6.22. The third kappa shape index (κ3) is 3.46. The first kappa shape index (κ1) is 15.2. The molecule has 0 amide bonds. The van der Waals surface area contributed by atoms with Crippen molar-refractivity contribution in [2.75, 3.05) is 6.61 Å². The van der Waals surface area contributed by atoms with Gasteiger partial charge in [0.25, 0.3) is 0 Å². The quantitative estimate of drug-likeness (QED) is 0.631. The molecule has 106 valence electrons. The topological polar surface area (TPSA) is 9.23 Å². The summed E-state index contributed by atoms with van der Waals surface area (Å²) in [4.78, 5) is 0.298. The predicted octanol–water partition coefficient (Wildman–Crippen LogP) is 5.78. The lowest BCUT2D eigenvalue weighted by Crippen LogP contribution is -2.18. The van der Waals surface area contributed by atoms with Crippen molar-refractivity contribution < 1.29 is 4.74 Å². The molecule has 2 rings (SSSR count). The van der Waals surface area contributed by atoms with Gasteiger partial charge in [-0.3, -0.25) is 0 Å². The molecule has 1 aliphatic rings. The molecule has 2 unspecified atom stereocenters. The minimum absolute atomic E-state index is 0.298. The van der Waals surface area contributed by atoms with E-state index >= 15 is 0 Å². The number of hydrogen-bond acceptors (Lipinski definition) is 1. The molecule has 1 aromatic carbocycles. The maximum absolute atomic E-state index is 6.22. The number of rotatable bonds is 3. The number of benzene rings is 1. The van der Waals surface area contributed by atoms with Crippen LogP contribution in [0.1, 0.15) is 50.1 Å². The average Bonchev–Trinajstić information content (AvgIpc) is 2.74. The lowest BCUT2D eigenvalue weighted by molar-refractivity contribution is 0.245.